The third-order valence-corrected chi connectivity index (χ3v) is 4.43. The number of nitriles is 1. The topological polar surface area (TPSA) is 85.4 Å². The molecule has 1 aliphatic heterocycles. The molecule has 128 valence electrons. The summed E-state index contributed by atoms with van der Waals surface area (Å²) >= 11 is 0. The number of nitrogens with one attached hydrogen (secondary N) is 1. The van der Waals surface area contributed by atoms with Crippen LogP contribution in [-0.4, -0.2) is 55.0 Å². The zero-order chi connectivity index (χ0) is 17.5. The largest absolute Gasteiger partial charge is 0.360 e. The van der Waals surface area contributed by atoms with E-state index in [2.05, 4.69) is 10.2 Å². The Morgan fingerprint density at radius 1 is 1.33 bits per heavy atom. The maximum atomic E-state index is 12.5. The van der Waals surface area contributed by atoms with Gasteiger partial charge in [-0.2, -0.15) is 5.26 Å². The zero-order valence-electron chi connectivity index (χ0n) is 14.4. The second kappa shape index (κ2) is 8.48. The molecular formula is C18H25N5O. The molecule has 0 radical (unpaired) electrons. The van der Waals surface area contributed by atoms with Crippen molar-refractivity contribution >= 4 is 11.6 Å². The number of hydrogen-bond acceptors (Lipinski definition) is 5. The van der Waals surface area contributed by atoms with Crippen molar-refractivity contribution in [3.05, 3.63) is 41.1 Å². The predicted molar refractivity (Wildman–Crippen MR) is 95.3 cm³/mol. The fraction of sp³-hybridized carbons (Fsp3) is 0.444. The van der Waals surface area contributed by atoms with Crippen LogP contribution in [0.3, 0.4) is 0 Å². The van der Waals surface area contributed by atoms with Crippen molar-refractivity contribution in [1.29, 1.82) is 5.26 Å². The fourth-order valence-electron chi connectivity index (χ4n) is 2.73. The number of carbonyl (C=O) groups is 1. The van der Waals surface area contributed by atoms with Gasteiger partial charge in [0, 0.05) is 51.2 Å². The van der Waals surface area contributed by atoms with Crippen LogP contribution in [0.2, 0.25) is 0 Å². The Balaban J connectivity index is 2.02. The van der Waals surface area contributed by atoms with E-state index < -0.39 is 0 Å². The molecule has 0 aliphatic carbocycles. The Kier molecular flexibility index (Phi) is 6.36. The van der Waals surface area contributed by atoms with Gasteiger partial charge >= 0.3 is 0 Å². The number of nitrogens with zero attached hydrogens (tertiary/aromatic N) is 3. The van der Waals surface area contributed by atoms with Gasteiger partial charge in [0.2, 0.25) is 0 Å². The average Bonchev–Trinajstić information content (AvgIpc) is 2.59. The molecule has 6 nitrogen and oxygen atoms in total. The normalized spacial score (nSPS) is 15.9. The second-order valence-corrected chi connectivity index (χ2v) is 5.98. The van der Waals surface area contributed by atoms with E-state index in [4.69, 9.17) is 5.73 Å². The van der Waals surface area contributed by atoms with Gasteiger partial charge in [-0.1, -0.05) is 12.1 Å². The monoisotopic (exact) mass is 327 g/mol. The van der Waals surface area contributed by atoms with Crippen LogP contribution < -0.4 is 11.1 Å². The zero-order valence-corrected chi connectivity index (χ0v) is 14.4. The molecule has 0 spiro atoms. The smallest absolute Gasteiger partial charge is 0.266 e. The molecule has 2 rings (SSSR count). The minimum absolute atomic E-state index is 0.128. The quantitative estimate of drug-likeness (QED) is 0.627. The first-order valence-corrected chi connectivity index (χ1v) is 8.21. The van der Waals surface area contributed by atoms with Crippen LogP contribution in [0.5, 0.6) is 0 Å². The van der Waals surface area contributed by atoms with Gasteiger partial charge in [-0.25, -0.2) is 0 Å². The molecule has 0 aromatic heterocycles. The third kappa shape index (κ3) is 4.34. The van der Waals surface area contributed by atoms with Gasteiger partial charge in [0.05, 0.1) is 0 Å². The van der Waals surface area contributed by atoms with E-state index in [1.807, 2.05) is 38.1 Å². The van der Waals surface area contributed by atoms with E-state index in [1.165, 1.54) is 6.20 Å². The van der Waals surface area contributed by atoms with Gasteiger partial charge < -0.3 is 16.0 Å². The molecule has 0 unspecified atom stereocenters. The SMILES string of the molecule is Cc1cccc(N/C=C(/C#N)C(=O)N2CCN(CCN)CC2)c1C. The standard InChI is InChI=1S/C18H25N5O/c1-14-4-3-5-17(15(14)2)21-13-16(12-20)18(24)23-10-8-22(7-6-19)9-11-23/h3-5,13,21H,6-11,19H2,1-2H3/b16-13-. The molecule has 1 aromatic rings. The van der Waals surface area contributed by atoms with Gasteiger partial charge in [0.1, 0.15) is 11.6 Å². The highest BCUT2D eigenvalue weighted by atomic mass is 16.2. The lowest BCUT2D eigenvalue weighted by molar-refractivity contribution is -0.128. The van der Waals surface area contributed by atoms with Gasteiger partial charge in [0.25, 0.3) is 5.91 Å². The van der Waals surface area contributed by atoms with E-state index in [1.54, 1.807) is 4.90 Å². The molecule has 0 saturated carbocycles. The van der Waals surface area contributed by atoms with Crippen molar-refractivity contribution < 1.29 is 4.79 Å². The number of hydrogen-bond donors (Lipinski definition) is 2. The molecule has 6 heteroatoms. The molecule has 1 fully saturated rings. The highest BCUT2D eigenvalue weighted by Crippen LogP contribution is 2.18. The molecule has 1 saturated heterocycles. The van der Waals surface area contributed by atoms with E-state index in [0.29, 0.717) is 19.6 Å². The molecule has 1 aliphatic rings. The number of aryl methyl sites for hydroxylation is 1. The first-order chi connectivity index (χ1) is 11.6. The van der Waals surface area contributed by atoms with Crippen LogP contribution in [0.15, 0.2) is 30.0 Å². The van der Waals surface area contributed by atoms with Crippen molar-refractivity contribution in [2.75, 3.05) is 44.6 Å². The molecule has 1 amide bonds. The van der Waals surface area contributed by atoms with Gasteiger partial charge in [-0.15, -0.1) is 0 Å². The Bertz CT molecular complexity index is 654. The Morgan fingerprint density at radius 2 is 2.04 bits per heavy atom. The van der Waals surface area contributed by atoms with E-state index in [9.17, 15) is 10.1 Å². The number of nitrogens with two attached hydrogens (primary N) is 1. The van der Waals surface area contributed by atoms with E-state index >= 15 is 0 Å². The predicted octanol–water partition coefficient (Wildman–Crippen LogP) is 1.23. The minimum atomic E-state index is -0.220. The number of anilines is 1. The van der Waals surface area contributed by atoms with Crippen molar-refractivity contribution in [3.8, 4) is 6.07 Å². The number of amides is 1. The Labute approximate surface area is 143 Å². The number of benzene rings is 1. The summed E-state index contributed by atoms with van der Waals surface area (Å²) in [5.74, 6) is -0.220. The number of rotatable bonds is 5. The van der Waals surface area contributed by atoms with Crippen LogP contribution in [0, 0.1) is 25.2 Å². The first kappa shape index (κ1) is 18.0. The highest BCUT2D eigenvalue weighted by molar-refractivity contribution is 5.97. The second-order valence-electron chi connectivity index (χ2n) is 5.98. The number of carbonyl (C=O) groups excluding carboxylic acids is 1. The maximum Gasteiger partial charge on any atom is 0.266 e. The van der Waals surface area contributed by atoms with Crippen molar-refractivity contribution in [3.63, 3.8) is 0 Å². The summed E-state index contributed by atoms with van der Waals surface area (Å²) in [5, 5.41) is 12.4. The van der Waals surface area contributed by atoms with Crippen LogP contribution in [0.25, 0.3) is 0 Å². The molecule has 1 heterocycles. The molecule has 24 heavy (non-hydrogen) atoms. The minimum Gasteiger partial charge on any atom is -0.360 e. The van der Waals surface area contributed by atoms with Crippen molar-refractivity contribution in [2.24, 2.45) is 5.73 Å². The highest BCUT2D eigenvalue weighted by Gasteiger charge is 2.23. The van der Waals surface area contributed by atoms with Crippen molar-refractivity contribution in [2.45, 2.75) is 13.8 Å². The van der Waals surface area contributed by atoms with Crippen LogP contribution in [-0.2, 0) is 4.79 Å². The lowest BCUT2D eigenvalue weighted by Gasteiger charge is -2.34. The van der Waals surface area contributed by atoms with Gasteiger partial charge in [-0.3, -0.25) is 9.69 Å². The van der Waals surface area contributed by atoms with Gasteiger partial charge in [0.15, 0.2) is 0 Å². The average molecular weight is 327 g/mol. The summed E-state index contributed by atoms with van der Waals surface area (Å²) in [6.07, 6.45) is 1.51. The molecule has 3 N–H and O–H groups in total. The molecule has 1 aromatic carbocycles. The molecule has 0 atom stereocenters. The summed E-state index contributed by atoms with van der Waals surface area (Å²) in [6, 6.07) is 7.92. The van der Waals surface area contributed by atoms with Crippen LogP contribution in [0.1, 0.15) is 11.1 Å². The molecular weight excluding hydrogens is 302 g/mol. The summed E-state index contributed by atoms with van der Waals surface area (Å²) in [6.45, 7) is 8.35. The van der Waals surface area contributed by atoms with Gasteiger partial charge in [-0.05, 0) is 31.0 Å². The summed E-state index contributed by atoms with van der Waals surface area (Å²) in [5.41, 5.74) is 8.86. The molecule has 0 bridgehead atoms. The maximum absolute atomic E-state index is 12.5. The number of piperazine rings is 1. The van der Waals surface area contributed by atoms with Crippen molar-refractivity contribution in [1.82, 2.24) is 9.80 Å². The summed E-state index contributed by atoms with van der Waals surface area (Å²) < 4.78 is 0. The lowest BCUT2D eigenvalue weighted by Crippen LogP contribution is -2.50. The lowest BCUT2D eigenvalue weighted by atomic mass is 10.1. The van der Waals surface area contributed by atoms with E-state index in [0.717, 1.165) is 36.4 Å². The van der Waals surface area contributed by atoms with Crippen LogP contribution in [0.4, 0.5) is 5.69 Å². The Hall–Kier alpha value is -2.36. The summed E-state index contributed by atoms with van der Waals surface area (Å²) in [7, 11) is 0. The van der Waals surface area contributed by atoms with Crippen LogP contribution >= 0.6 is 0 Å². The third-order valence-electron chi connectivity index (χ3n) is 4.43. The Morgan fingerprint density at radius 3 is 2.67 bits per heavy atom. The van der Waals surface area contributed by atoms with E-state index in [-0.39, 0.29) is 11.5 Å². The first-order valence-electron chi connectivity index (χ1n) is 8.21. The summed E-state index contributed by atoms with van der Waals surface area (Å²) in [4.78, 5) is 16.5. The fourth-order valence-corrected chi connectivity index (χ4v) is 2.73.